The number of imidazole rings is 1. The number of nitrogens with one attached hydrogen (secondary N) is 1. The fraction of sp³-hybridized carbons (Fsp3) is 0.921. The van der Waals surface area contributed by atoms with Crippen LogP contribution in [0.5, 0.6) is 0 Å². The minimum absolute atomic E-state index is 0.620. The molecule has 0 aliphatic heterocycles. The van der Waals surface area contributed by atoms with Crippen molar-refractivity contribution in [3.8, 4) is 0 Å². The molecule has 1 aromatic heterocycles. The van der Waals surface area contributed by atoms with Crippen LogP contribution in [0.15, 0.2) is 12.4 Å². The number of rotatable bonds is 31. The van der Waals surface area contributed by atoms with Gasteiger partial charge in [0, 0.05) is 0 Å². The SMILES string of the molecule is CCCCCCCCCCCCC(CCCCCCCC)c1[nH]cc[n+]1C(C)CCCCCCCCCCCC. The molecule has 2 heteroatoms. The molecule has 0 bridgehead atoms. The smallest absolute Gasteiger partial charge is 0.247 e. The van der Waals surface area contributed by atoms with E-state index in [9.17, 15) is 0 Å². The lowest BCUT2D eigenvalue weighted by Gasteiger charge is -2.17. The molecule has 0 aromatic carbocycles. The molecule has 0 spiro atoms. The van der Waals surface area contributed by atoms with E-state index < -0.39 is 0 Å². The molecule has 0 saturated heterocycles. The van der Waals surface area contributed by atoms with Gasteiger partial charge in [-0.25, -0.2) is 9.55 Å². The highest BCUT2D eigenvalue weighted by Gasteiger charge is 2.25. The second kappa shape index (κ2) is 28.3. The van der Waals surface area contributed by atoms with Crippen molar-refractivity contribution in [3.63, 3.8) is 0 Å². The Bertz CT molecular complexity index is 621. The molecule has 1 heterocycles. The Hall–Kier alpha value is -0.790. The molecule has 2 atom stereocenters. The highest BCUT2D eigenvalue weighted by Crippen LogP contribution is 2.27. The Labute approximate surface area is 253 Å². The Morgan fingerprint density at radius 2 is 0.800 bits per heavy atom. The third-order valence-corrected chi connectivity index (χ3v) is 9.39. The topological polar surface area (TPSA) is 19.7 Å². The number of hydrogen-bond donors (Lipinski definition) is 1. The Morgan fingerprint density at radius 1 is 0.475 bits per heavy atom. The molecule has 0 aliphatic carbocycles. The first-order chi connectivity index (χ1) is 19.7. The van der Waals surface area contributed by atoms with Gasteiger partial charge in [-0.3, -0.25) is 0 Å². The van der Waals surface area contributed by atoms with E-state index in [1.165, 1.54) is 192 Å². The minimum Gasteiger partial charge on any atom is -0.247 e. The van der Waals surface area contributed by atoms with Gasteiger partial charge in [0.15, 0.2) is 0 Å². The van der Waals surface area contributed by atoms with Crippen molar-refractivity contribution >= 4 is 0 Å². The minimum atomic E-state index is 0.620. The highest BCUT2D eigenvalue weighted by atomic mass is 15.1. The number of unbranched alkanes of at least 4 members (excludes halogenated alkanes) is 23. The van der Waals surface area contributed by atoms with E-state index in [2.05, 4.69) is 49.6 Å². The normalized spacial score (nSPS) is 13.2. The van der Waals surface area contributed by atoms with Crippen molar-refractivity contribution in [3.05, 3.63) is 18.2 Å². The molecule has 0 radical (unpaired) electrons. The van der Waals surface area contributed by atoms with Crippen molar-refractivity contribution < 1.29 is 4.57 Å². The first kappa shape index (κ1) is 37.2. The van der Waals surface area contributed by atoms with Crippen molar-refractivity contribution in [2.24, 2.45) is 0 Å². The van der Waals surface area contributed by atoms with Gasteiger partial charge in [-0.05, 0) is 32.6 Å². The van der Waals surface area contributed by atoms with Gasteiger partial charge in [0.25, 0.3) is 5.82 Å². The molecular formula is C38H75N2+. The Kier molecular flexibility index (Phi) is 26.4. The molecule has 0 aliphatic rings. The van der Waals surface area contributed by atoms with Gasteiger partial charge in [0.1, 0.15) is 12.4 Å². The predicted octanol–water partition coefficient (Wildman–Crippen LogP) is 13.3. The van der Waals surface area contributed by atoms with Crippen LogP contribution in [-0.2, 0) is 0 Å². The van der Waals surface area contributed by atoms with Crippen LogP contribution in [0.3, 0.4) is 0 Å². The van der Waals surface area contributed by atoms with E-state index in [-0.39, 0.29) is 0 Å². The summed E-state index contributed by atoms with van der Waals surface area (Å²) in [5, 5.41) is 0. The van der Waals surface area contributed by atoms with E-state index in [1.54, 1.807) is 0 Å². The summed E-state index contributed by atoms with van der Waals surface area (Å²) in [6.45, 7) is 9.41. The van der Waals surface area contributed by atoms with Gasteiger partial charge < -0.3 is 0 Å². The third-order valence-electron chi connectivity index (χ3n) is 9.39. The molecule has 40 heavy (non-hydrogen) atoms. The number of aromatic nitrogens is 2. The lowest BCUT2D eigenvalue weighted by Crippen LogP contribution is -2.41. The third kappa shape index (κ3) is 20.1. The average molecular weight is 560 g/mol. The maximum atomic E-state index is 3.74. The molecule has 0 saturated carbocycles. The summed E-state index contributed by atoms with van der Waals surface area (Å²) in [6.07, 6.45) is 45.7. The molecule has 2 nitrogen and oxygen atoms in total. The molecule has 1 rings (SSSR count). The molecule has 1 aromatic rings. The average Bonchev–Trinajstić information content (AvgIpc) is 3.45. The van der Waals surface area contributed by atoms with E-state index in [0.29, 0.717) is 12.0 Å². The van der Waals surface area contributed by atoms with E-state index >= 15 is 0 Å². The zero-order chi connectivity index (χ0) is 28.9. The van der Waals surface area contributed by atoms with Crippen molar-refractivity contribution in [2.75, 3.05) is 0 Å². The summed E-state index contributed by atoms with van der Waals surface area (Å²) < 4.78 is 2.63. The van der Waals surface area contributed by atoms with E-state index in [4.69, 9.17) is 0 Å². The second-order valence-corrected chi connectivity index (χ2v) is 13.3. The van der Waals surface area contributed by atoms with Gasteiger partial charge >= 0.3 is 0 Å². The first-order valence-electron chi connectivity index (χ1n) is 18.8. The van der Waals surface area contributed by atoms with Crippen molar-refractivity contribution in [2.45, 2.75) is 226 Å². The zero-order valence-electron chi connectivity index (χ0n) is 28.3. The van der Waals surface area contributed by atoms with Crippen LogP contribution in [0.4, 0.5) is 0 Å². The summed E-state index contributed by atoms with van der Waals surface area (Å²) in [6, 6.07) is 0.620. The van der Waals surface area contributed by atoms with Crippen molar-refractivity contribution in [1.29, 1.82) is 0 Å². The largest absolute Gasteiger partial charge is 0.257 e. The lowest BCUT2D eigenvalue weighted by atomic mass is 9.92. The Balaban J connectivity index is 2.41. The summed E-state index contributed by atoms with van der Waals surface area (Å²) in [7, 11) is 0. The highest BCUT2D eigenvalue weighted by molar-refractivity contribution is 4.90. The van der Waals surface area contributed by atoms with Crippen LogP contribution in [-0.4, -0.2) is 4.98 Å². The number of hydrogen-bond acceptors (Lipinski definition) is 0. The van der Waals surface area contributed by atoms with Gasteiger partial charge in [-0.1, -0.05) is 181 Å². The lowest BCUT2D eigenvalue weighted by molar-refractivity contribution is -0.727. The number of H-pyrrole nitrogens is 1. The molecule has 236 valence electrons. The summed E-state index contributed by atoms with van der Waals surface area (Å²) >= 11 is 0. The summed E-state index contributed by atoms with van der Waals surface area (Å²) in [4.78, 5) is 3.74. The van der Waals surface area contributed by atoms with Gasteiger partial charge in [0.05, 0.1) is 12.0 Å². The van der Waals surface area contributed by atoms with Crippen LogP contribution in [0.2, 0.25) is 0 Å². The summed E-state index contributed by atoms with van der Waals surface area (Å²) in [5.74, 6) is 2.24. The van der Waals surface area contributed by atoms with Crippen LogP contribution < -0.4 is 4.57 Å². The monoisotopic (exact) mass is 560 g/mol. The molecule has 1 N–H and O–H groups in total. The van der Waals surface area contributed by atoms with Crippen LogP contribution in [0.25, 0.3) is 0 Å². The van der Waals surface area contributed by atoms with Gasteiger partial charge in [-0.15, -0.1) is 0 Å². The van der Waals surface area contributed by atoms with Crippen LogP contribution in [0.1, 0.15) is 232 Å². The molecule has 0 fully saturated rings. The number of nitrogens with zero attached hydrogens (tertiary/aromatic N) is 1. The molecule has 0 amide bonds. The first-order valence-corrected chi connectivity index (χ1v) is 18.8. The maximum Gasteiger partial charge on any atom is 0.257 e. The maximum absolute atomic E-state index is 3.74. The zero-order valence-corrected chi connectivity index (χ0v) is 28.3. The molecule has 2 unspecified atom stereocenters. The summed E-state index contributed by atoms with van der Waals surface area (Å²) in [5.41, 5.74) is 0. The predicted molar refractivity (Wildman–Crippen MR) is 179 cm³/mol. The van der Waals surface area contributed by atoms with E-state index in [0.717, 1.165) is 0 Å². The Morgan fingerprint density at radius 3 is 1.18 bits per heavy atom. The van der Waals surface area contributed by atoms with Crippen LogP contribution >= 0.6 is 0 Å². The quantitative estimate of drug-likeness (QED) is 0.0689. The molecular weight excluding hydrogens is 484 g/mol. The van der Waals surface area contributed by atoms with E-state index in [1.807, 2.05) is 0 Å². The fourth-order valence-electron chi connectivity index (χ4n) is 6.60. The van der Waals surface area contributed by atoms with Crippen molar-refractivity contribution in [1.82, 2.24) is 4.98 Å². The van der Waals surface area contributed by atoms with Gasteiger partial charge in [-0.2, -0.15) is 0 Å². The standard InChI is InChI=1S/C38H74N2/c1-5-8-11-14-17-19-21-23-25-28-31-36(4)40-35-34-39-38(40)37(32-29-26-16-13-10-7-3)33-30-27-24-22-20-18-15-12-9-6-2/h34-37H,5-33H2,1-4H3/p+1. The fourth-order valence-corrected chi connectivity index (χ4v) is 6.60. The van der Waals surface area contributed by atoms with Gasteiger partial charge in [0.2, 0.25) is 0 Å². The van der Waals surface area contributed by atoms with Crippen LogP contribution in [0, 0.1) is 0 Å². The number of aromatic amines is 1. The second-order valence-electron chi connectivity index (χ2n) is 13.3.